The highest BCUT2D eigenvalue weighted by molar-refractivity contribution is 14.1. The zero-order chi connectivity index (χ0) is 17.4. The standard InChI is InChI=1S/C15H16INO7/c16-8-4-11(19)23-9-3-6(1-2-7(8)9)17-12-14(21)13(20)10(5-18)24-15(12)22/h1-4,10,12-15,17-18,20-22H,5H2/t10?,12?,13-,14?,15-/m1/s1. The molecule has 5 atom stereocenters. The number of aliphatic hydroxyl groups is 4. The van der Waals surface area contributed by atoms with Crippen LogP contribution in [-0.4, -0.2) is 57.7 Å². The summed E-state index contributed by atoms with van der Waals surface area (Å²) in [5.74, 6) is 0. The van der Waals surface area contributed by atoms with Gasteiger partial charge in [0.1, 0.15) is 29.9 Å². The second kappa shape index (κ2) is 6.94. The van der Waals surface area contributed by atoms with Crippen molar-refractivity contribution >= 4 is 39.2 Å². The lowest BCUT2D eigenvalue weighted by Gasteiger charge is -2.40. The lowest BCUT2D eigenvalue weighted by molar-refractivity contribution is -0.245. The van der Waals surface area contributed by atoms with E-state index >= 15 is 0 Å². The van der Waals surface area contributed by atoms with Gasteiger partial charge in [-0.1, -0.05) is 0 Å². The summed E-state index contributed by atoms with van der Waals surface area (Å²) in [5.41, 5.74) is 0.340. The van der Waals surface area contributed by atoms with Crippen molar-refractivity contribution in [1.82, 2.24) is 0 Å². The third-order valence-electron chi connectivity index (χ3n) is 3.93. The van der Waals surface area contributed by atoms with Crippen LogP contribution in [0.1, 0.15) is 0 Å². The molecule has 1 aliphatic rings. The molecule has 2 heterocycles. The Hall–Kier alpha value is -1.24. The lowest BCUT2D eigenvalue weighted by atomic mass is 9.97. The van der Waals surface area contributed by atoms with Gasteiger partial charge in [0.15, 0.2) is 6.29 Å². The maximum absolute atomic E-state index is 11.5. The number of hydrogen-bond acceptors (Lipinski definition) is 8. The van der Waals surface area contributed by atoms with Crippen molar-refractivity contribution in [2.75, 3.05) is 11.9 Å². The molecule has 5 N–H and O–H groups in total. The fourth-order valence-corrected chi connectivity index (χ4v) is 3.36. The molecule has 0 radical (unpaired) electrons. The van der Waals surface area contributed by atoms with Gasteiger partial charge in [0.25, 0.3) is 0 Å². The Bertz CT molecular complexity index is 795. The maximum atomic E-state index is 11.5. The monoisotopic (exact) mass is 449 g/mol. The molecule has 0 aliphatic carbocycles. The highest BCUT2D eigenvalue weighted by Gasteiger charge is 2.43. The summed E-state index contributed by atoms with van der Waals surface area (Å²) in [6.07, 6.45) is -5.21. The third kappa shape index (κ3) is 3.27. The zero-order valence-corrected chi connectivity index (χ0v) is 14.5. The molecule has 24 heavy (non-hydrogen) atoms. The van der Waals surface area contributed by atoms with Gasteiger partial charge >= 0.3 is 5.63 Å². The van der Waals surface area contributed by atoms with Gasteiger partial charge in [-0.05, 0) is 34.7 Å². The van der Waals surface area contributed by atoms with Crippen LogP contribution in [0.4, 0.5) is 5.69 Å². The minimum Gasteiger partial charge on any atom is -0.423 e. The molecular weight excluding hydrogens is 433 g/mol. The number of nitrogens with one attached hydrogen (secondary N) is 1. The normalized spacial score (nSPS) is 30.5. The molecule has 1 fully saturated rings. The Morgan fingerprint density at radius 3 is 2.62 bits per heavy atom. The number of anilines is 1. The first kappa shape index (κ1) is 17.6. The second-order valence-corrected chi connectivity index (χ2v) is 6.69. The fraction of sp³-hybridized carbons (Fsp3) is 0.400. The predicted octanol–water partition coefficient (Wildman–Crippen LogP) is -0.391. The average Bonchev–Trinajstić information content (AvgIpc) is 2.54. The molecule has 2 aromatic rings. The van der Waals surface area contributed by atoms with Crippen LogP contribution in [0.3, 0.4) is 0 Å². The van der Waals surface area contributed by atoms with E-state index < -0.39 is 42.9 Å². The molecule has 3 rings (SSSR count). The van der Waals surface area contributed by atoms with Crippen LogP contribution in [-0.2, 0) is 4.74 Å². The molecular formula is C15H16INO7. The van der Waals surface area contributed by atoms with Crippen LogP contribution in [0.25, 0.3) is 11.0 Å². The molecule has 1 aromatic heterocycles. The minimum atomic E-state index is -1.43. The summed E-state index contributed by atoms with van der Waals surface area (Å²) in [6, 6.07) is 5.34. The number of ether oxygens (including phenoxy) is 1. The number of rotatable bonds is 3. The Morgan fingerprint density at radius 1 is 1.17 bits per heavy atom. The largest absolute Gasteiger partial charge is 0.423 e. The molecule has 0 bridgehead atoms. The number of fused-ring (bicyclic) bond motifs is 1. The molecule has 0 saturated carbocycles. The van der Waals surface area contributed by atoms with Crippen LogP contribution in [0.2, 0.25) is 0 Å². The van der Waals surface area contributed by atoms with E-state index in [0.717, 1.165) is 8.96 Å². The SMILES string of the molecule is O=c1cc(I)c2ccc(NC3C(O)[C@H](O)C(CO)O[C@H]3O)cc2o1. The lowest BCUT2D eigenvalue weighted by Crippen LogP contribution is -2.61. The fourth-order valence-electron chi connectivity index (χ4n) is 2.66. The van der Waals surface area contributed by atoms with Crippen molar-refractivity contribution in [2.24, 2.45) is 0 Å². The molecule has 1 aromatic carbocycles. The van der Waals surface area contributed by atoms with E-state index in [2.05, 4.69) is 5.32 Å². The van der Waals surface area contributed by atoms with E-state index in [1.807, 2.05) is 22.6 Å². The van der Waals surface area contributed by atoms with Gasteiger partial charge in [0.05, 0.1) is 6.61 Å². The number of benzene rings is 1. The van der Waals surface area contributed by atoms with Crippen LogP contribution in [0, 0.1) is 3.57 Å². The minimum absolute atomic E-state index is 0.353. The first-order valence-corrected chi connectivity index (χ1v) is 8.29. The van der Waals surface area contributed by atoms with E-state index in [-0.39, 0.29) is 0 Å². The molecule has 9 heteroatoms. The highest BCUT2D eigenvalue weighted by atomic mass is 127. The van der Waals surface area contributed by atoms with Crippen molar-refractivity contribution in [1.29, 1.82) is 0 Å². The zero-order valence-electron chi connectivity index (χ0n) is 12.3. The Morgan fingerprint density at radius 2 is 1.92 bits per heavy atom. The van der Waals surface area contributed by atoms with Crippen LogP contribution >= 0.6 is 22.6 Å². The Labute approximate surface area is 149 Å². The summed E-state index contributed by atoms with van der Waals surface area (Å²) in [5, 5.41) is 42.7. The van der Waals surface area contributed by atoms with Gasteiger partial charge in [-0.2, -0.15) is 0 Å². The number of aliphatic hydroxyl groups excluding tert-OH is 4. The van der Waals surface area contributed by atoms with E-state index in [9.17, 15) is 20.1 Å². The summed E-state index contributed by atoms with van der Waals surface area (Å²) in [7, 11) is 0. The van der Waals surface area contributed by atoms with E-state index in [0.29, 0.717) is 11.3 Å². The molecule has 1 aliphatic heterocycles. The van der Waals surface area contributed by atoms with Crippen LogP contribution in [0.5, 0.6) is 0 Å². The van der Waals surface area contributed by atoms with Gasteiger partial charge < -0.3 is 34.9 Å². The third-order valence-corrected chi connectivity index (χ3v) is 4.82. The summed E-state index contributed by atoms with van der Waals surface area (Å²) in [6.45, 7) is -0.526. The summed E-state index contributed by atoms with van der Waals surface area (Å²) < 4.78 is 11.0. The van der Waals surface area contributed by atoms with E-state index in [1.54, 1.807) is 18.2 Å². The molecule has 0 amide bonds. The quantitative estimate of drug-likeness (QED) is 0.316. The average molecular weight is 449 g/mol. The van der Waals surface area contributed by atoms with Gasteiger partial charge in [-0.15, -0.1) is 0 Å². The van der Waals surface area contributed by atoms with Gasteiger partial charge in [0.2, 0.25) is 0 Å². The van der Waals surface area contributed by atoms with Gasteiger partial charge in [-0.25, -0.2) is 4.79 Å². The molecule has 0 spiro atoms. The van der Waals surface area contributed by atoms with Gasteiger partial charge in [-0.3, -0.25) is 0 Å². The maximum Gasteiger partial charge on any atom is 0.337 e. The van der Waals surface area contributed by atoms with Crippen molar-refractivity contribution in [3.63, 3.8) is 0 Å². The highest BCUT2D eigenvalue weighted by Crippen LogP contribution is 2.26. The molecule has 3 unspecified atom stereocenters. The number of halogens is 1. The molecule has 1 saturated heterocycles. The number of hydrogen-bond donors (Lipinski definition) is 5. The summed E-state index contributed by atoms with van der Waals surface area (Å²) in [4.78, 5) is 11.5. The van der Waals surface area contributed by atoms with Crippen LogP contribution < -0.4 is 10.9 Å². The van der Waals surface area contributed by atoms with Crippen molar-refractivity contribution in [3.8, 4) is 0 Å². The van der Waals surface area contributed by atoms with E-state index in [1.165, 1.54) is 6.07 Å². The van der Waals surface area contributed by atoms with E-state index in [4.69, 9.17) is 14.3 Å². The Kier molecular flexibility index (Phi) is 5.08. The molecule has 8 nitrogen and oxygen atoms in total. The van der Waals surface area contributed by atoms with Gasteiger partial charge in [0, 0.05) is 26.8 Å². The Balaban J connectivity index is 1.88. The first-order valence-electron chi connectivity index (χ1n) is 7.21. The van der Waals surface area contributed by atoms with Crippen molar-refractivity contribution < 1.29 is 29.6 Å². The predicted molar refractivity (Wildman–Crippen MR) is 92.6 cm³/mol. The van der Waals surface area contributed by atoms with Crippen molar-refractivity contribution in [3.05, 3.63) is 38.3 Å². The molecule has 130 valence electrons. The topological polar surface area (TPSA) is 132 Å². The second-order valence-electron chi connectivity index (χ2n) is 5.52. The van der Waals surface area contributed by atoms with Crippen LogP contribution in [0.15, 0.2) is 33.5 Å². The first-order chi connectivity index (χ1) is 11.4. The summed E-state index contributed by atoms with van der Waals surface area (Å²) >= 11 is 2.03. The van der Waals surface area contributed by atoms with Crippen molar-refractivity contribution in [2.45, 2.75) is 30.6 Å². The smallest absolute Gasteiger partial charge is 0.337 e.